The molecule has 0 saturated carbocycles. The zero-order valence-electron chi connectivity index (χ0n) is 20.2. The van der Waals surface area contributed by atoms with Gasteiger partial charge in [0.15, 0.2) is 0 Å². The number of nitrogens with one attached hydrogen (secondary N) is 1. The summed E-state index contributed by atoms with van der Waals surface area (Å²) >= 11 is 6.14. The molecule has 8 heteroatoms. The summed E-state index contributed by atoms with van der Waals surface area (Å²) in [6.45, 7) is 9.25. The number of piperazine rings is 1. The van der Waals surface area contributed by atoms with Crippen LogP contribution in [-0.4, -0.2) is 63.6 Å². The molecule has 2 fully saturated rings. The molecule has 7 nitrogen and oxygen atoms in total. The largest absolute Gasteiger partial charge is 0.387 e. The van der Waals surface area contributed by atoms with Gasteiger partial charge in [0.05, 0.1) is 17.7 Å². The van der Waals surface area contributed by atoms with E-state index in [1.54, 1.807) is 6.33 Å². The topological polar surface area (TPSA) is 81.6 Å². The Balaban J connectivity index is 1.33. The van der Waals surface area contributed by atoms with Gasteiger partial charge in [-0.25, -0.2) is 9.97 Å². The first-order chi connectivity index (χ1) is 16.2. The molecule has 0 unspecified atom stereocenters. The van der Waals surface area contributed by atoms with Crippen LogP contribution < -0.4 is 10.2 Å². The Morgan fingerprint density at radius 2 is 1.88 bits per heavy atom. The molecule has 4 atom stereocenters. The van der Waals surface area contributed by atoms with Crippen LogP contribution in [-0.2, 0) is 4.79 Å². The van der Waals surface area contributed by atoms with E-state index in [9.17, 15) is 9.90 Å². The lowest BCUT2D eigenvalue weighted by atomic mass is 9.88. The van der Waals surface area contributed by atoms with Crippen LogP contribution >= 0.6 is 11.6 Å². The second-order valence-corrected chi connectivity index (χ2v) is 11.1. The number of carbonyl (C=O) groups is 1. The standard InChI is InChI=1S/C26H34ClN5O2/c1-16-14-20(33)23-21(16)24(29-15-28-23)31-10-12-32(13-11-31)25(34)22(17-4-6-18(27)7-5-17)19-8-9-26(2,3)30-19/h4-7,15-16,19-20,22,30,33H,8-14H2,1-3H3/t16-,19+,20-,22+/m1/s1. The van der Waals surface area contributed by atoms with Gasteiger partial charge < -0.3 is 20.2 Å². The molecule has 5 rings (SSSR count). The number of hydrogen-bond acceptors (Lipinski definition) is 6. The fourth-order valence-corrected chi connectivity index (χ4v) is 6.05. The molecule has 1 aromatic heterocycles. The first-order valence-electron chi connectivity index (χ1n) is 12.3. The molecule has 1 aromatic carbocycles. The van der Waals surface area contributed by atoms with Crippen molar-refractivity contribution in [3.8, 4) is 0 Å². The maximum absolute atomic E-state index is 13.9. The van der Waals surface area contributed by atoms with Gasteiger partial charge in [0.2, 0.25) is 5.91 Å². The third kappa shape index (κ3) is 4.41. The number of fused-ring (bicyclic) bond motifs is 1. The Morgan fingerprint density at radius 3 is 2.53 bits per heavy atom. The van der Waals surface area contributed by atoms with Gasteiger partial charge in [-0.15, -0.1) is 0 Å². The van der Waals surface area contributed by atoms with E-state index in [-0.39, 0.29) is 29.3 Å². The van der Waals surface area contributed by atoms with Crippen molar-refractivity contribution in [1.29, 1.82) is 0 Å². The predicted octanol–water partition coefficient (Wildman–Crippen LogP) is 3.63. The summed E-state index contributed by atoms with van der Waals surface area (Å²) in [5.74, 6) is 1.08. The third-order valence-electron chi connectivity index (χ3n) is 7.72. The van der Waals surface area contributed by atoms with Gasteiger partial charge in [-0.3, -0.25) is 4.79 Å². The van der Waals surface area contributed by atoms with Crippen LogP contribution in [0.1, 0.15) is 74.8 Å². The number of anilines is 1. The number of hydrogen-bond donors (Lipinski definition) is 2. The first-order valence-corrected chi connectivity index (χ1v) is 12.7. The van der Waals surface area contributed by atoms with Crippen molar-refractivity contribution in [2.24, 2.45) is 0 Å². The summed E-state index contributed by atoms with van der Waals surface area (Å²) in [5, 5.41) is 14.7. The minimum atomic E-state index is -0.516. The van der Waals surface area contributed by atoms with Gasteiger partial charge >= 0.3 is 0 Å². The predicted molar refractivity (Wildman–Crippen MR) is 133 cm³/mol. The van der Waals surface area contributed by atoms with Crippen molar-refractivity contribution < 1.29 is 9.90 Å². The lowest BCUT2D eigenvalue weighted by Gasteiger charge is -2.39. The van der Waals surface area contributed by atoms with Crippen molar-refractivity contribution in [2.45, 2.75) is 69.6 Å². The van der Waals surface area contributed by atoms with Crippen LogP contribution in [0, 0.1) is 0 Å². The number of aromatic nitrogens is 2. The highest BCUT2D eigenvalue weighted by atomic mass is 35.5. The van der Waals surface area contributed by atoms with Gasteiger partial charge in [0.1, 0.15) is 12.1 Å². The second kappa shape index (κ2) is 9.10. The highest BCUT2D eigenvalue weighted by molar-refractivity contribution is 6.30. The zero-order chi connectivity index (χ0) is 24.0. The van der Waals surface area contributed by atoms with E-state index < -0.39 is 6.10 Å². The van der Waals surface area contributed by atoms with Crippen LogP contribution in [0.4, 0.5) is 5.82 Å². The quantitative estimate of drug-likeness (QED) is 0.691. The van der Waals surface area contributed by atoms with E-state index in [2.05, 4.69) is 41.0 Å². The number of aliphatic hydroxyl groups excluding tert-OH is 1. The second-order valence-electron chi connectivity index (χ2n) is 10.7. The summed E-state index contributed by atoms with van der Waals surface area (Å²) in [6.07, 6.45) is 3.74. The van der Waals surface area contributed by atoms with E-state index in [1.807, 2.05) is 29.2 Å². The average molecular weight is 484 g/mol. The van der Waals surface area contributed by atoms with Crippen LogP contribution in [0.25, 0.3) is 0 Å². The number of halogens is 1. The smallest absolute Gasteiger partial charge is 0.231 e. The van der Waals surface area contributed by atoms with Crippen LogP contribution in [0.5, 0.6) is 0 Å². The molecule has 2 aliphatic heterocycles. The lowest BCUT2D eigenvalue weighted by molar-refractivity contribution is -0.133. The molecule has 0 bridgehead atoms. The first kappa shape index (κ1) is 23.5. The maximum Gasteiger partial charge on any atom is 0.231 e. The van der Waals surface area contributed by atoms with Crippen LogP contribution in [0.3, 0.4) is 0 Å². The summed E-state index contributed by atoms with van der Waals surface area (Å²) in [5.41, 5.74) is 2.87. The molecule has 3 heterocycles. The Morgan fingerprint density at radius 1 is 1.18 bits per heavy atom. The van der Waals surface area contributed by atoms with Gasteiger partial charge in [0, 0.05) is 48.3 Å². The summed E-state index contributed by atoms with van der Waals surface area (Å²) in [4.78, 5) is 27.0. The molecule has 2 N–H and O–H groups in total. The Kier molecular flexibility index (Phi) is 6.29. The van der Waals surface area contributed by atoms with Crippen molar-refractivity contribution in [3.05, 3.63) is 52.4 Å². The fraction of sp³-hybridized carbons (Fsp3) is 0.577. The fourth-order valence-electron chi connectivity index (χ4n) is 5.92. The molecule has 2 saturated heterocycles. The third-order valence-corrected chi connectivity index (χ3v) is 7.98. The highest BCUT2D eigenvalue weighted by Gasteiger charge is 2.41. The normalized spacial score (nSPS) is 27.0. The minimum Gasteiger partial charge on any atom is -0.387 e. The lowest BCUT2D eigenvalue weighted by Crippen LogP contribution is -2.53. The van der Waals surface area contributed by atoms with E-state index in [0.717, 1.165) is 48.6 Å². The maximum atomic E-state index is 13.9. The van der Waals surface area contributed by atoms with Gasteiger partial charge in [-0.1, -0.05) is 30.7 Å². The molecule has 1 aliphatic carbocycles. The summed E-state index contributed by atoms with van der Waals surface area (Å²) in [7, 11) is 0. The molecule has 0 radical (unpaired) electrons. The Labute approximate surface area is 206 Å². The van der Waals surface area contributed by atoms with Gasteiger partial charge in [0.25, 0.3) is 0 Å². The van der Waals surface area contributed by atoms with Crippen molar-refractivity contribution in [2.75, 3.05) is 31.1 Å². The molecule has 34 heavy (non-hydrogen) atoms. The number of carbonyl (C=O) groups excluding carboxylic acids is 1. The van der Waals surface area contributed by atoms with Gasteiger partial charge in [-0.2, -0.15) is 0 Å². The summed E-state index contributed by atoms with van der Waals surface area (Å²) < 4.78 is 0. The number of nitrogens with zero attached hydrogens (tertiary/aromatic N) is 4. The van der Waals surface area contributed by atoms with Crippen LogP contribution in [0.2, 0.25) is 5.02 Å². The van der Waals surface area contributed by atoms with E-state index >= 15 is 0 Å². The molecule has 2 aromatic rings. The molecule has 0 spiro atoms. The van der Waals surface area contributed by atoms with E-state index in [1.165, 1.54) is 0 Å². The molecular formula is C26H34ClN5O2. The van der Waals surface area contributed by atoms with Gasteiger partial charge in [-0.05, 0) is 56.7 Å². The minimum absolute atomic E-state index is 0.0307. The molecule has 3 aliphatic rings. The Hall–Kier alpha value is -2.22. The number of rotatable bonds is 4. The average Bonchev–Trinajstić information content (AvgIpc) is 3.33. The van der Waals surface area contributed by atoms with Crippen molar-refractivity contribution in [3.63, 3.8) is 0 Å². The van der Waals surface area contributed by atoms with E-state index in [0.29, 0.717) is 24.5 Å². The Bertz CT molecular complexity index is 1050. The zero-order valence-corrected chi connectivity index (χ0v) is 20.9. The number of aliphatic hydroxyl groups is 1. The van der Waals surface area contributed by atoms with Crippen molar-refractivity contribution >= 4 is 23.3 Å². The summed E-state index contributed by atoms with van der Waals surface area (Å²) in [6, 6.07) is 7.84. The van der Waals surface area contributed by atoms with E-state index in [4.69, 9.17) is 11.6 Å². The number of benzene rings is 1. The van der Waals surface area contributed by atoms with Crippen molar-refractivity contribution in [1.82, 2.24) is 20.2 Å². The molecular weight excluding hydrogens is 450 g/mol. The molecule has 1 amide bonds. The number of amides is 1. The molecule has 182 valence electrons. The monoisotopic (exact) mass is 483 g/mol. The SMILES string of the molecule is C[C@@H]1C[C@@H](O)c2ncnc(N3CCN(C(=O)[C@@H](c4ccc(Cl)cc4)[C@@H]4CCC(C)(C)N4)CC3)c21. The highest BCUT2D eigenvalue weighted by Crippen LogP contribution is 2.43. The van der Waals surface area contributed by atoms with Crippen LogP contribution in [0.15, 0.2) is 30.6 Å².